The van der Waals surface area contributed by atoms with Crippen molar-refractivity contribution in [1.82, 2.24) is 14.3 Å². The van der Waals surface area contributed by atoms with E-state index in [0.717, 1.165) is 11.5 Å². The molecule has 0 spiro atoms. The van der Waals surface area contributed by atoms with Crippen molar-refractivity contribution in [2.24, 2.45) is 0 Å². The molecular formula is C7H4BrN3OS. The van der Waals surface area contributed by atoms with Gasteiger partial charge in [0.15, 0.2) is 5.78 Å². The van der Waals surface area contributed by atoms with Crippen molar-refractivity contribution in [3.8, 4) is 0 Å². The van der Waals surface area contributed by atoms with Gasteiger partial charge >= 0.3 is 0 Å². The summed E-state index contributed by atoms with van der Waals surface area (Å²) in [5.74, 6) is -0.0156. The molecule has 13 heavy (non-hydrogen) atoms. The lowest BCUT2D eigenvalue weighted by Crippen LogP contribution is -1.90. The molecule has 0 fully saturated rings. The topological polar surface area (TPSA) is 55.7 Å². The minimum Gasteiger partial charge on any atom is -0.293 e. The van der Waals surface area contributed by atoms with Gasteiger partial charge in [-0.3, -0.25) is 4.79 Å². The molecule has 0 aliphatic rings. The standard InChI is InChI=1S/C7H4BrN3OS/c1-3(12)6-4-5(11-13-6)7(8)10-2-9-4/h2H,1H3. The number of halogens is 1. The molecule has 66 valence electrons. The Hall–Kier alpha value is -0.880. The third kappa shape index (κ3) is 1.36. The van der Waals surface area contributed by atoms with Gasteiger partial charge in [0, 0.05) is 6.92 Å². The van der Waals surface area contributed by atoms with Gasteiger partial charge in [0.25, 0.3) is 0 Å². The highest BCUT2D eigenvalue weighted by molar-refractivity contribution is 9.10. The lowest BCUT2D eigenvalue weighted by molar-refractivity contribution is 0.102. The second-order valence-corrected chi connectivity index (χ2v) is 3.95. The summed E-state index contributed by atoms with van der Waals surface area (Å²) in [6, 6.07) is 0. The molecule has 0 bridgehead atoms. The van der Waals surface area contributed by atoms with Crippen LogP contribution in [0.1, 0.15) is 16.6 Å². The first-order chi connectivity index (χ1) is 6.20. The average molecular weight is 258 g/mol. The van der Waals surface area contributed by atoms with Crippen LogP contribution >= 0.6 is 27.5 Å². The molecule has 0 aliphatic heterocycles. The number of ketones is 1. The van der Waals surface area contributed by atoms with Crippen LogP contribution in [0.3, 0.4) is 0 Å². The number of carbonyl (C=O) groups is 1. The number of hydrogen-bond acceptors (Lipinski definition) is 5. The van der Waals surface area contributed by atoms with Crippen LogP contribution in [-0.4, -0.2) is 20.1 Å². The minimum atomic E-state index is -0.0156. The first kappa shape index (κ1) is 8.71. The fourth-order valence-corrected chi connectivity index (χ4v) is 2.18. The fraction of sp³-hybridized carbons (Fsp3) is 0.143. The van der Waals surface area contributed by atoms with Crippen LogP contribution in [0.4, 0.5) is 0 Å². The molecule has 0 saturated heterocycles. The third-order valence-corrected chi connectivity index (χ3v) is 3.06. The zero-order valence-electron chi connectivity index (χ0n) is 6.61. The van der Waals surface area contributed by atoms with E-state index in [1.54, 1.807) is 0 Å². The van der Waals surface area contributed by atoms with Crippen molar-refractivity contribution in [2.45, 2.75) is 6.92 Å². The molecular weight excluding hydrogens is 254 g/mol. The van der Waals surface area contributed by atoms with Crippen LogP contribution in [0.5, 0.6) is 0 Å². The first-order valence-electron chi connectivity index (χ1n) is 3.47. The average Bonchev–Trinajstić information content (AvgIpc) is 2.48. The Morgan fingerprint density at radius 1 is 1.46 bits per heavy atom. The van der Waals surface area contributed by atoms with Gasteiger partial charge in [-0.2, -0.15) is 4.37 Å². The van der Waals surface area contributed by atoms with Crippen molar-refractivity contribution in [3.05, 3.63) is 15.8 Å². The Morgan fingerprint density at radius 3 is 2.92 bits per heavy atom. The molecule has 0 aromatic carbocycles. The van der Waals surface area contributed by atoms with Crippen molar-refractivity contribution in [3.63, 3.8) is 0 Å². The van der Waals surface area contributed by atoms with Crippen LogP contribution in [0.25, 0.3) is 11.0 Å². The summed E-state index contributed by atoms with van der Waals surface area (Å²) in [5, 5.41) is 0. The number of carbonyl (C=O) groups excluding carboxylic acids is 1. The summed E-state index contributed by atoms with van der Waals surface area (Å²) in [7, 11) is 0. The number of fused-ring (bicyclic) bond motifs is 1. The number of aromatic nitrogens is 3. The smallest absolute Gasteiger partial charge is 0.173 e. The second kappa shape index (κ2) is 3.12. The number of hydrogen-bond donors (Lipinski definition) is 0. The molecule has 2 aromatic rings. The van der Waals surface area contributed by atoms with Gasteiger partial charge in [-0.25, -0.2) is 9.97 Å². The van der Waals surface area contributed by atoms with Gasteiger partial charge in [0.05, 0.1) is 0 Å². The van der Waals surface area contributed by atoms with E-state index in [9.17, 15) is 4.79 Å². The van der Waals surface area contributed by atoms with Crippen molar-refractivity contribution in [1.29, 1.82) is 0 Å². The molecule has 0 N–H and O–H groups in total. The normalized spacial score (nSPS) is 10.6. The number of rotatable bonds is 1. The highest BCUT2D eigenvalue weighted by Gasteiger charge is 2.13. The molecule has 2 aromatic heterocycles. The lowest BCUT2D eigenvalue weighted by Gasteiger charge is -1.90. The zero-order valence-corrected chi connectivity index (χ0v) is 9.02. The molecule has 0 amide bonds. The van der Waals surface area contributed by atoms with E-state index < -0.39 is 0 Å². The predicted octanol–water partition coefficient (Wildman–Crippen LogP) is 2.05. The van der Waals surface area contributed by atoms with Crippen LogP contribution < -0.4 is 0 Å². The Morgan fingerprint density at radius 2 is 2.23 bits per heavy atom. The van der Waals surface area contributed by atoms with E-state index in [2.05, 4.69) is 30.3 Å². The van der Waals surface area contributed by atoms with Gasteiger partial charge < -0.3 is 0 Å². The van der Waals surface area contributed by atoms with Gasteiger partial charge in [-0.05, 0) is 27.5 Å². The molecule has 6 heteroatoms. The summed E-state index contributed by atoms with van der Waals surface area (Å²) >= 11 is 4.39. The molecule has 0 atom stereocenters. The largest absolute Gasteiger partial charge is 0.293 e. The number of Topliss-reactive ketones (excluding diaryl/α,β-unsaturated/α-hetero) is 1. The van der Waals surface area contributed by atoms with Gasteiger partial charge in [-0.15, -0.1) is 0 Å². The maximum Gasteiger partial charge on any atom is 0.173 e. The highest BCUT2D eigenvalue weighted by atomic mass is 79.9. The highest BCUT2D eigenvalue weighted by Crippen LogP contribution is 2.24. The van der Waals surface area contributed by atoms with Crippen molar-refractivity contribution < 1.29 is 4.79 Å². The maximum absolute atomic E-state index is 11.1. The molecule has 2 rings (SSSR count). The summed E-state index contributed by atoms with van der Waals surface area (Å²) < 4.78 is 4.71. The van der Waals surface area contributed by atoms with E-state index in [0.29, 0.717) is 20.5 Å². The van der Waals surface area contributed by atoms with E-state index in [1.165, 1.54) is 13.3 Å². The van der Waals surface area contributed by atoms with Gasteiger partial charge in [0.2, 0.25) is 0 Å². The van der Waals surface area contributed by atoms with Crippen molar-refractivity contribution in [2.75, 3.05) is 0 Å². The quantitative estimate of drug-likeness (QED) is 0.580. The first-order valence-corrected chi connectivity index (χ1v) is 5.03. The van der Waals surface area contributed by atoms with E-state index >= 15 is 0 Å². The maximum atomic E-state index is 11.1. The molecule has 4 nitrogen and oxygen atoms in total. The Labute approximate surface area is 86.3 Å². The third-order valence-electron chi connectivity index (χ3n) is 1.54. The summed E-state index contributed by atoms with van der Waals surface area (Å²) in [5.41, 5.74) is 1.28. The predicted molar refractivity (Wildman–Crippen MR) is 52.9 cm³/mol. The monoisotopic (exact) mass is 257 g/mol. The molecule has 0 radical (unpaired) electrons. The number of nitrogens with zero attached hydrogens (tertiary/aromatic N) is 3. The minimum absolute atomic E-state index is 0.0156. The fourth-order valence-electron chi connectivity index (χ4n) is 0.970. The van der Waals surface area contributed by atoms with Crippen LogP contribution in [0.2, 0.25) is 0 Å². The van der Waals surface area contributed by atoms with E-state index in [1.807, 2.05) is 0 Å². The second-order valence-electron chi connectivity index (χ2n) is 2.43. The zero-order chi connectivity index (χ0) is 9.42. The SMILES string of the molecule is CC(=O)c1snc2c(Br)ncnc12. The van der Waals surface area contributed by atoms with Crippen LogP contribution in [-0.2, 0) is 0 Å². The summed E-state index contributed by atoms with van der Waals surface area (Å²) in [6.07, 6.45) is 1.41. The lowest BCUT2D eigenvalue weighted by atomic mass is 10.3. The Bertz CT molecular complexity index is 482. The van der Waals surface area contributed by atoms with Crippen LogP contribution in [0, 0.1) is 0 Å². The molecule has 2 heterocycles. The molecule has 0 aliphatic carbocycles. The summed E-state index contributed by atoms with van der Waals surface area (Å²) in [6.45, 7) is 1.50. The van der Waals surface area contributed by atoms with Crippen molar-refractivity contribution >= 4 is 44.3 Å². The van der Waals surface area contributed by atoms with Crippen LogP contribution in [0.15, 0.2) is 10.9 Å². The summed E-state index contributed by atoms with van der Waals surface area (Å²) in [4.78, 5) is 19.6. The Kier molecular flexibility index (Phi) is 2.09. The van der Waals surface area contributed by atoms with E-state index in [4.69, 9.17) is 0 Å². The van der Waals surface area contributed by atoms with E-state index in [-0.39, 0.29) is 5.78 Å². The Balaban J connectivity index is 2.83. The molecule has 0 saturated carbocycles. The molecule has 0 unspecified atom stereocenters. The van der Waals surface area contributed by atoms with Gasteiger partial charge in [0.1, 0.15) is 26.8 Å². The van der Waals surface area contributed by atoms with Gasteiger partial charge in [-0.1, -0.05) is 0 Å².